The van der Waals surface area contributed by atoms with Gasteiger partial charge in [0.25, 0.3) is 10.0 Å². The molecule has 0 aliphatic heterocycles. The Bertz CT molecular complexity index is 1470. The average molecular weight is 619 g/mol. The number of rotatable bonds is 12. The zero-order valence-electron chi connectivity index (χ0n) is 24.1. The van der Waals surface area contributed by atoms with E-state index in [1.165, 1.54) is 17.0 Å². The molecule has 0 aliphatic rings. The van der Waals surface area contributed by atoms with Crippen molar-refractivity contribution in [2.24, 2.45) is 0 Å². The van der Waals surface area contributed by atoms with Gasteiger partial charge in [-0.2, -0.15) is 0 Å². The molecule has 3 aromatic rings. The molecule has 1 N–H and O–H groups in total. The van der Waals surface area contributed by atoms with E-state index >= 15 is 0 Å². The van der Waals surface area contributed by atoms with Crippen molar-refractivity contribution in [2.75, 3.05) is 17.4 Å². The Morgan fingerprint density at radius 1 is 0.878 bits per heavy atom. The lowest BCUT2D eigenvalue weighted by Gasteiger charge is -2.33. The van der Waals surface area contributed by atoms with E-state index in [9.17, 15) is 18.0 Å². The number of carbonyl (C=O) groups excluding carboxylic acids is 2. The third-order valence-electron chi connectivity index (χ3n) is 6.67. The Morgan fingerprint density at radius 2 is 1.51 bits per heavy atom. The number of aryl methyl sites for hydroxylation is 3. The van der Waals surface area contributed by atoms with Gasteiger partial charge in [-0.1, -0.05) is 66.9 Å². The van der Waals surface area contributed by atoms with Crippen LogP contribution in [0.5, 0.6) is 0 Å². The molecule has 2 amide bonds. The lowest BCUT2D eigenvalue weighted by molar-refractivity contribution is -0.140. The molecule has 41 heavy (non-hydrogen) atoms. The lowest BCUT2D eigenvalue weighted by Crippen LogP contribution is -2.52. The zero-order chi connectivity index (χ0) is 30.3. The van der Waals surface area contributed by atoms with Crippen LogP contribution in [-0.2, 0) is 26.2 Å². The molecule has 10 heteroatoms. The second-order valence-corrected chi connectivity index (χ2v) is 12.8. The highest BCUT2D eigenvalue weighted by molar-refractivity contribution is 7.92. The van der Waals surface area contributed by atoms with Crippen LogP contribution in [0.25, 0.3) is 0 Å². The van der Waals surface area contributed by atoms with Gasteiger partial charge in [0.15, 0.2) is 0 Å². The molecule has 0 saturated heterocycles. The summed E-state index contributed by atoms with van der Waals surface area (Å²) in [7, 11) is -4.14. The molecule has 0 saturated carbocycles. The van der Waals surface area contributed by atoms with E-state index in [0.717, 1.165) is 27.4 Å². The smallest absolute Gasteiger partial charge is 0.264 e. The van der Waals surface area contributed by atoms with Gasteiger partial charge in [0.1, 0.15) is 12.6 Å². The molecule has 3 rings (SSSR count). The minimum Gasteiger partial charge on any atom is -0.354 e. The van der Waals surface area contributed by atoms with Gasteiger partial charge in [0.05, 0.1) is 10.6 Å². The van der Waals surface area contributed by atoms with Crippen LogP contribution in [0.1, 0.15) is 48.9 Å². The van der Waals surface area contributed by atoms with Crippen molar-refractivity contribution >= 4 is 50.7 Å². The number of carbonyl (C=O) groups is 2. The standard InChI is InChI=1S/C31H37Cl2N3O4S/c1-6-14-34-31(38)29(7-2)35(19-24-10-11-25(32)18-28(24)33)30(37)20-36(26-16-22(4)15-23(5)17-26)41(39,40)27-12-8-21(3)9-13-27/h8-13,15-18,29H,6-7,14,19-20H2,1-5H3,(H,34,38)/t29-/m1/s1. The van der Waals surface area contributed by atoms with Crippen LogP contribution in [-0.4, -0.2) is 44.3 Å². The molecule has 0 unspecified atom stereocenters. The van der Waals surface area contributed by atoms with Gasteiger partial charge in [0.2, 0.25) is 11.8 Å². The van der Waals surface area contributed by atoms with Crippen molar-refractivity contribution in [2.45, 2.75) is 64.9 Å². The Balaban J connectivity index is 2.11. The number of hydrogen-bond donors (Lipinski definition) is 1. The van der Waals surface area contributed by atoms with Crippen LogP contribution in [0.2, 0.25) is 10.0 Å². The second-order valence-electron chi connectivity index (χ2n) is 10.1. The van der Waals surface area contributed by atoms with E-state index in [4.69, 9.17) is 23.2 Å². The monoisotopic (exact) mass is 617 g/mol. The highest BCUT2D eigenvalue weighted by Crippen LogP contribution is 2.28. The SMILES string of the molecule is CCCNC(=O)[C@@H](CC)N(Cc1ccc(Cl)cc1Cl)C(=O)CN(c1cc(C)cc(C)c1)S(=O)(=O)c1ccc(C)cc1. The highest BCUT2D eigenvalue weighted by atomic mass is 35.5. The molecular formula is C31H37Cl2N3O4S. The summed E-state index contributed by atoms with van der Waals surface area (Å²) in [6, 6.07) is 16.0. The van der Waals surface area contributed by atoms with Crippen molar-refractivity contribution in [3.05, 3.63) is 93.0 Å². The first kappa shape index (κ1) is 32.4. The average Bonchev–Trinajstić information content (AvgIpc) is 2.91. The predicted molar refractivity (Wildman–Crippen MR) is 166 cm³/mol. The third-order valence-corrected chi connectivity index (χ3v) is 9.05. The molecule has 220 valence electrons. The van der Waals surface area contributed by atoms with Crippen molar-refractivity contribution in [1.82, 2.24) is 10.2 Å². The summed E-state index contributed by atoms with van der Waals surface area (Å²) in [4.78, 5) is 28.8. The summed E-state index contributed by atoms with van der Waals surface area (Å²) in [5.41, 5.74) is 3.57. The zero-order valence-corrected chi connectivity index (χ0v) is 26.4. The number of nitrogens with zero attached hydrogens (tertiary/aromatic N) is 2. The lowest BCUT2D eigenvalue weighted by atomic mass is 10.1. The Morgan fingerprint density at radius 3 is 2.07 bits per heavy atom. The maximum atomic E-state index is 14.2. The maximum absolute atomic E-state index is 14.2. The van der Waals surface area contributed by atoms with Crippen LogP contribution in [0.15, 0.2) is 65.6 Å². The van der Waals surface area contributed by atoms with Crippen molar-refractivity contribution in [3.63, 3.8) is 0 Å². The summed E-state index contributed by atoms with van der Waals surface area (Å²) >= 11 is 12.6. The Labute approximate surface area is 253 Å². The molecule has 0 heterocycles. The third kappa shape index (κ3) is 8.24. The normalized spacial score (nSPS) is 12.1. The molecular weight excluding hydrogens is 581 g/mol. The molecule has 0 spiro atoms. The number of amides is 2. The van der Waals surface area contributed by atoms with Gasteiger partial charge in [-0.3, -0.25) is 13.9 Å². The first-order valence-corrected chi connectivity index (χ1v) is 15.8. The van der Waals surface area contributed by atoms with Crippen LogP contribution < -0.4 is 9.62 Å². The van der Waals surface area contributed by atoms with E-state index in [-0.39, 0.29) is 17.3 Å². The van der Waals surface area contributed by atoms with E-state index in [0.29, 0.717) is 34.3 Å². The molecule has 3 aromatic carbocycles. The highest BCUT2D eigenvalue weighted by Gasteiger charge is 2.34. The quantitative estimate of drug-likeness (QED) is 0.253. The number of hydrogen-bond acceptors (Lipinski definition) is 4. The van der Waals surface area contributed by atoms with Crippen molar-refractivity contribution < 1.29 is 18.0 Å². The predicted octanol–water partition coefficient (Wildman–Crippen LogP) is 6.45. The minimum absolute atomic E-state index is 0.00183. The fourth-order valence-corrected chi connectivity index (χ4v) is 6.45. The number of sulfonamides is 1. The van der Waals surface area contributed by atoms with Gasteiger partial charge >= 0.3 is 0 Å². The molecule has 0 fully saturated rings. The summed E-state index contributed by atoms with van der Waals surface area (Å²) < 4.78 is 29.2. The fourth-order valence-electron chi connectivity index (χ4n) is 4.58. The number of nitrogens with one attached hydrogen (secondary N) is 1. The van der Waals surface area contributed by atoms with Gasteiger partial charge in [0, 0.05) is 23.1 Å². The molecule has 0 bridgehead atoms. The second kappa shape index (κ2) is 14.2. The van der Waals surface area contributed by atoms with E-state index in [2.05, 4.69) is 5.32 Å². The summed E-state index contributed by atoms with van der Waals surface area (Å²) in [5.74, 6) is -0.850. The van der Waals surface area contributed by atoms with E-state index in [1.54, 1.807) is 42.5 Å². The van der Waals surface area contributed by atoms with Crippen molar-refractivity contribution in [1.29, 1.82) is 0 Å². The first-order valence-electron chi connectivity index (χ1n) is 13.6. The number of anilines is 1. The molecule has 0 radical (unpaired) electrons. The fraction of sp³-hybridized carbons (Fsp3) is 0.355. The van der Waals surface area contributed by atoms with Gasteiger partial charge in [-0.25, -0.2) is 8.42 Å². The van der Waals surface area contributed by atoms with Crippen LogP contribution >= 0.6 is 23.2 Å². The topological polar surface area (TPSA) is 86.8 Å². The summed E-state index contributed by atoms with van der Waals surface area (Å²) in [6.45, 7) is 9.30. The Kier molecular flexibility index (Phi) is 11.2. The van der Waals surface area contributed by atoms with Gasteiger partial charge < -0.3 is 10.2 Å². The Hall–Kier alpha value is -3.07. The largest absolute Gasteiger partial charge is 0.354 e. The van der Waals surface area contributed by atoms with Gasteiger partial charge in [-0.05, 0) is 86.7 Å². The molecule has 0 aliphatic carbocycles. The minimum atomic E-state index is -4.14. The summed E-state index contributed by atoms with van der Waals surface area (Å²) in [5, 5.41) is 3.66. The molecule has 0 aromatic heterocycles. The van der Waals surface area contributed by atoms with Crippen molar-refractivity contribution in [3.8, 4) is 0 Å². The van der Waals surface area contributed by atoms with E-state index in [1.807, 2.05) is 40.7 Å². The number of benzene rings is 3. The first-order chi connectivity index (χ1) is 19.4. The van der Waals surface area contributed by atoms with Crippen LogP contribution in [0.3, 0.4) is 0 Å². The van der Waals surface area contributed by atoms with E-state index < -0.39 is 28.5 Å². The summed E-state index contributed by atoms with van der Waals surface area (Å²) in [6.07, 6.45) is 1.05. The van der Waals surface area contributed by atoms with Crippen LogP contribution in [0.4, 0.5) is 5.69 Å². The van der Waals surface area contributed by atoms with Gasteiger partial charge in [-0.15, -0.1) is 0 Å². The van der Waals surface area contributed by atoms with Crippen LogP contribution in [0, 0.1) is 20.8 Å². The maximum Gasteiger partial charge on any atom is 0.264 e. The number of halogens is 2. The molecule has 1 atom stereocenters. The molecule has 7 nitrogen and oxygen atoms in total.